The number of amides is 3. The van der Waals surface area contributed by atoms with Crippen molar-refractivity contribution in [2.24, 2.45) is 0 Å². The van der Waals surface area contributed by atoms with Crippen LogP contribution in [0.4, 0.5) is 5.69 Å². The third-order valence-corrected chi connectivity index (χ3v) is 4.87. The number of furan rings is 1. The molecule has 3 amide bonds. The highest BCUT2D eigenvalue weighted by atomic mass is 35.5. The van der Waals surface area contributed by atoms with Crippen molar-refractivity contribution in [3.63, 3.8) is 0 Å². The number of likely N-dealkylation sites (N-methyl/N-ethyl adjacent to an activating group) is 1. The average molecular weight is 440 g/mol. The number of carbonyl (C=O) groups is 3. The Kier molecular flexibility index (Phi) is 7.45. The number of carbonyl (C=O) groups excluding carboxylic acids is 3. The van der Waals surface area contributed by atoms with Crippen molar-refractivity contribution in [3.05, 3.63) is 89.3 Å². The maximum absolute atomic E-state index is 13.1. The highest BCUT2D eigenvalue weighted by Crippen LogP contribution is 2.20. The number of hydrogen-bond donors (Lipinski definition) is 2. The largest absolute Gasteiger partial charge is 0.459 e. The van der Waals surface area contributed by atoms with E-state index < -0.39 is 23.8 Å². The zero-order valence-corrected chi connectivity index (χ0v) is 17.6. The fraction of sp³-hybridized carbons (Fsp3) is 0.174. The summed E-state index contributed by atoms with van der Waals surface area (Å²) in [5.41, 5.74) is 1.33. The van der Waals surface area contributed by atoms with Gasteiger partial charge in [0.2, 0.25) is 11.8 Å². The van der Waals surface area contributed by atoms with E-state index in [1.165, 1.54) is 24.3 Å². The van der Waals surface area contributed by atoms with Crippen LogP contribution in [-0.2, 0) is 16.0 Å². The zero-order chi connectivity index (χ0) is 22.2. The normalized spacial score (nSPS) is 11.4. The van der Waals surface area contributed by atoms with Crippen LogP contribution in [0.2, 0.25) is 5.02 Å². The van der Waals surface area contributed by atoms with Gasteiger partial charge in [0, 0.05) is 13.5 Å². The Bertz CT molecular complexity index is 1040. The van der Waals surface area contributed by atoms with Crippen LogP contribution in [-0.4, -0.2) is 42.3 Å². The van der Waals surface area contributed by atoms with Crippen molar-refractivity contribution in [2.75, 3.05) is 18.9 Å². The molecule has 2 N–H and O–H groups in total. The molecule has 8 heteroatoms. The summed E-state index contributed by atoms with van der Waals surface area (Å²) < 4.78 is 5.12. The topological polar surface area (TPSA) is 91.7 Å². The van der Waals surface area contributed by atoms with Gasteiger partial charge >= 0.3 is 0 Å². The Hall–Kier alpha value is -3.58. The molecule has 0 unspecified atom stereocenters. The number of nitrogens with zero attached hydrogens (tertiary/aromatic N) is 1. The minimum absolute atomic E-state index is 0.102. The molecule has 0 aliphatic heterocycles. The van der Waals surface area contributed by atoms with Gasteiger partial charge in [0.15, 0.2) is 5.76 Å². The highest BCUT2D eigenvalue weighted by Gasteiger charge is 2.27. The van der Waals surface area contributed by atoms with Gasteiger partial charge in [-0.2, -0.15) is 0 Å². The first-order valence-electron chi connectivity index (χ1n) is 9.61. The van der Waals surface area contributed by atoms with Gasteiger partial charge in [0.05, 0.1) is 23.5 Å². The molecule has 0 spiro atoms. The Morgan fingerprint density at radius 2 is 1.71 bits per heavy atom. The zero-order valence-electron chi connectivity index (χ0n) is 16.9. The van der Waals surface area contributed by atoms with Crippen LogP contribution >= 0.6 is 11.6 Å². The molecular formula is C23H22ClN3O4. The second kappa shape index (κ2) is 10.4. The van der Waals surface area contributed by atoms with E-state index >= 15 is 0 Å². The summed E-state index contributed by atoms with van der Waals surface area (Å²) in [5.74, 6) is -1.21. The molecule has 2 aromatic carbocycles. The average Bonchev–Trinajstić information content (AvgIpc) is 3.30. The first-order valence-corrected chi connectivity index (χ1v) is 9.99. The molecule has 0 radical (unpaired) electrons. The van der Waals surface area contributed by atoms with E-state index in [2.05, 4.69) is 10.6 Å². The number of rotatable bonds is 8. The quantitative estimate of drug-likeness (QED) is 0.563. The summed E-state index contributed by atoms with van der Waals surface area (Å²) in [6.45, 7) is -0.202. The van der Waals surface area contributed by atoms with Gasteiger partial charge in [0.25, 0.3) is 5.91 Å². The number of anilines is 1. The van der Waals surface area contributed by atoms with Gasteiger partial charge in [-0.25, -0.2) is 0 Å². The van der Waals surface area contributed by atoms with Crippen LogP contribution in [0.5, 0.6) is 0 Å². The Morgan fingerprint density at radius 3 is 2.39 bits per heavy atom. The fourth-order valence-electron chi connectivity index (χ4n) is 3.00. The maximum Gasteiger partial charge on any atom is 0.287 e. The number of benzene rings is 2. The summed E-state index contributed by atoms with van der Waals surface area (Å²) in [4.78, 5) is 39.2. The molecule has 1 aromatic heterocycles. The summed E-state index contributed by atoms with van der Waals surface area (Å²) in [7, 11) is 1.51. The molecule has 0 aliphatic carbocycles. The molecule has 3 aromatic rings. The first-order chi connectivity index (χ1) is 14.9. The SMILES string of the molecule is CN(CC(=O)Nc1ccccc1Cl)C(=O)[C@H](Cc1ccccc1)NC(=O)c1ccco1. The fourth-order valence-corrected chi connectivity index (χ4v) is 3.18. The number of hydrogen-bond acceptors (Lipinski definition) is 4. The lowest BCUT2D eigenvalue weighted by molar-refractivity contribution is -0.135. The molecule has 31 heavy (non-hydrogen) atoms. The molecule has 7 nitrogen and oxygen atoms in total. The lowest BCUT2D eigenvalue weighted by Crippen LogP contribution is -2.50. The molecule has 0 aliphatic rings. The molecular weight excluding hydrogens is 418 g/mol. The van der Waals surface area contributed by atoms with Crippen LogP contribution in [0, 0.1) is 0 Å². The van der Waals surface area contributed by atoms with Crippen LogP contribution in [0.1, 0.15) is 16.1 Å². The van der Waals surface area contributed by atoms with E-state index in [4.69, 9.17) is 16.0 Å². The van der Waals surface area contributed by atoms with Gasteiger partial charge in [0.1, 0.15) is 6.04 Å². The van der Waals surface area contributed by atoms with E-state index in [0.29, 0.717) is 10.7 Å². The molecule has 3 rings (SSSR count). The van der Waals surface area contributed by atoms with Crippen LogP contribution in [0.15, 0.2) is 77.4 Å². The predicted octanol–water partition coefficient (Wildman–Crippen LogP) is 3.37. The van der Waals surface area contributed by atoms with E-state index in [9.17, 15) is 14.4 Å². The molecule has 0 saturated carbocycles. The molecule has 0 saturated heterocycles. The van der Waals surface area contributed by atoms with Gasteiger partial charge in [-0.15, -0.1) is 0 Å². The molecule has 0 bridgehead atoms. The van der Waals surface area contributed by atoms with Gasteiger partial charge in [-0.05, 0) is 29.8 Å². The summed E-state index contributed by atoms with van der Waals surface area (Å²) in [6, 6.07) is 18.4. The summed E-state index contributed by atoms with van der Waals surface area (Å²) >= 11 is 6.06. The Labute approximate surface area is 185 Å². The monoisotopic (exact) mass is 439 g/mol. The third-order valence-electron chi connectivity index (χ3n) is 4.54. The van der Waals surface area contributed by atoms with E-state index in [1.807, 2.05) is 30.3 Å². The van der Waals surface area contributed by atoms with Crippen molar-refractivity contribution < 1.29 is 18.8 Å². The van der Waals surface area contributed by atoms with Crippen LogP contribution < -0.4 is 10.6 Å². The van der Waals surface area contributed by atoms with Crippen molar-refractivity contribution >= 4 is 35.0 Å². The van der Waals surface area contributed by atoms with Crippen molar-refractivity contribution in [3.8, 4) is 0 Å². The Balaban J connectivity index is 1.69. The van der Waals surface area contributed by atoms with Gasteiger partial charge in [-0.3, -0.25) is 14.4 Å². The maximum atomic E-state index is 13.1. The molecule has 1 heterocycles. The lowest BCUT2D eigenvalue weighted by Gasteiger charge is -2.24. The second-order valence-electron chi connectivity index (χ2n) is 6.92. The minimum Gasteiger partial charge on any atom is -0.459 e. The van der Waals surface area contributed by atoms with E-state index in [1.54, 1.807) is 30.3 Å². The predicted molar refractivity (Wildman–Crippen MR) is 118 cm³/mol. The highest BCUT2D eigenvalue weighted by molar-refractivity contribution is 6.33. The molecule has 0 fully saturated rings. The van der Waals surface area contributed by atoms with E-state index in [-0.39, 0.29) is 18.7 Å². The van der Waals surface area contributed by atoms with Crippen LogP contribution in [0.25, 0.3) is 0 Å². The minimum atomic E-state index is -0.877. The van der Waals surface area contributed by atoms with Gasteiger partial charge in [-0.1, -0.05) is 54.1 Å². The third kappa shape index (κ3) is 6.20. The molecule has 160 valence electrons. The van der Waals surface area contributed by atoms with Crippen LogP contribution in [0.3, 0.4) is 0 Å². The second-order valence-corrected chi connectivity index (χ2v) is 7.32. The van der Waals surface area contributed by atoms with Gasteiger partial charge < -0.3 is 20.0 Å². The number of nitrogens with one attached hydrogen (secondary N) is 2. The summed E-state index contributed by atoms with van der Waals surface area (Å²) in [5, 5.41) is 5.79. The Morgan fingerprint density at radius 1 is 1.00 bits per heavy atom. The van der Waals surface area contributed by atoms with E-state index in [0.717, 1.165) is 5.56 Å². The number of para-hydroxylation sites is 1. The number of halogens is 1. The van der Waals surface area contributed by atoms with Crippen molar-refractivity contribution in [1.82, 2.24) is 10.2 Å². The lowest BCUT2D eigenvalue weighted by atomic mass is 10.0. The van der Waals surface area contributed by atoms with Crippen molar-refractivity contribution in [2.45, 2.75) is 12.5 Å². The standard InChI is InChI=1S/C23H22ClN3O4/c1-27(15-21(28)25-18-11-6-5-10-17(18)24)23(30)19(14-16-8-3-2-4-9-16)26-22(29)20-12-7-13-31-20/h2-13,19H,14-15H2,1H3,(H,25,28)(H,26,29)/t19-/m0/s1. The van der Waals surface area contributed by atoms with Crippen molar-refractivity contribution in [1.29, 1.82) is 0 Å². The first kappa shape index (κ1) is 22.1. The summed E-state index contributed by atoms with van der Waals surface area (Å²) in [6.07, 6.45) is 1.65. The smallest absolute Gasteiger partial charge is 0.287 e. The molecule has 1 atom stereocenters.